The molecule has 0 atom stereocenters. The van der Waals surface area contributed by atoms with Crippen LogP contribution in [0.15, 0.2) is 11.8 Å². The number of nitriles is 3. The molecule has 1 aliphatic rings. The second-order valence-corrected chi connectivity index (χ2v) is 5.41. The van der Waals surface area contributed by atoms with E-state index >= 15 is 0 Å². The van der Waals surface area contributed by atoms with Gasteiger partial charge in [0.1, 0.15) is 28.8 Å². The molecule has 1 aromatic heterocycles. The summed E-state index contributed by atoms with van der Waals surface area (Å²) in [7, 11) is 0. The smallest absolute Gasteiger partial charge is 0.145 e. The molecule has 0 unspecified atom stereocenters. The maximum atomic E-state index is 9.30. The predicted molar refractivity (Wildman–Crippen MR) is 73.2 cm³/mol. The first-order valence-electron chi connectivity index (χ1n) is 6.11. The summed E-state index contributed by atoms with van der Waals surface area (Å²) >= 11 is 1.57. The molecule has 0 saturated heterocycles. The first kappa shape index (κ1) is 13.1. The molecule has 0 bridgehead atoms. The van der Waals surface area contributed by atoms with Gasteiger partial charge in [-0.3, -0.25) is 0 Å². The van der Waals surface area contributed by atoms with Crippen molar-refractivity contribution in [2.75, 3.05) is 5.32 Å². The molecule has 0 saturated carbocycles. The summed E-state index contributed by atoms with van der Waals surface area (Å²) in [4.78, 5) is 1.26. The van der Waals surface area contributed by atoms with Crippen molar-refractivity contribution in [3.8, 4) is 18.2 Å². The Hall–Kier alpha value is -2.29. The minimum Gasteiger partial charge on any atom is -0.350 e. The Labute approximate surface area is 116 Å². The summed E-state index contributed by atoms with van der Waals surface area (Å²) < 4.78 is 0. The number of nitrogens with zero attached hydrogens (tertiary/aromatic N) is 3. The molecule has 4 nitrogen and oxygen atoms in total. The zero-order chi connectivity index (χ0) is 13.7. The van der Waals surface area contributed by atoms with Gasteiger partial charge in [0.2, 0.25) is 0 Å². The molecule has 0 fully saturated rings. The molecule has 1 heterocycles. The lowest BCUT2D eigenvalue weighted by atomic mass is 10.1. The first-order valence-corrected chi connectivity index (χ1v) is 6.93. The molecule has 0 spiro atoms. The van der Waals surface area contributed by atoms with E-state index in [-0.39, 0.29) is 5.57 Å². The summed E-state index contributed by atoms with van der Waals surface area (Å²) in [5, 5.41) is 30.4. The Morgan fingerprint density at radius 2 is 1.84 bits per heavy atom. The van der Waals surface area contributed by atoms with Gasteiger partial charge < -0.3 is 5.32 Å². The van der Waals surface area contributed by atoms with Crippen LogP contribution < -0.4 is 5.32 Å². The zero-order valence-corrected chi connectivity index (χ0v) is 11.2. The highest BCUT2D eigenvalue weighted by molar-refractivity contribution is 7.16. The number of rotatable bonds is 2. The van der Waals surface area contributed by atoms with Crippen LogP contribution in [0.3, 0.4) is 0 Å². The SMILES string of the molecule is N#CC(C#N)=CNc1sc2c(c1C#N)CCCCC2. The highest BCUT2D eigenvalue weighted by atomic mass is 32.1. The summed E-state index contributed by atoms with van der Waals surface area (Å²) in [5.41, 5.74) is 1.83. The Bertz CT molecular complexity index is 618. The highest BCUT2D eigenvalue weighted by Gasteiger charge is 2.19. The Morgan fingerprint density at radius 1 is 1.11 bits per heavy atom. The number of nitrogens with one attached hydrogen (secondary N) is 1. The summed E-state index contributed by atoms with van der Waals surface area (Å²) in [6, 6.07) is 5.82. The van der Waals surface area contributed by atoms with Crippen molar-refractivity contribution in [2.24, 2.45) is 0 Å². The van der Waals surface area contributed by atoms with E-state index in [1.165, 1.54) is 17.5 Å². The lowest BCUT2D eigenvalue weighted by molar-refractivity contribution is 0.712. The monoisotopic (exact) mass is 268 g/mol. The van der Waals surface area contributed by atoms with Crippen molar-refractivity contribution in [2.45, 2.75) is 32.1 Å². The average molecular weight is 268 g/mol. The van der Waals surface area contributed by atoms with E-state index in [4.69, 9.17) is 10.5 Å². The molecule has 19 heavy (non-hydrogen) atoms. The van der Waals surface area contributed by atoms with Gasteiger partial charge in [0.05, 0.1) is 5.56 Å². The molecule has 0 aliphatic heterocycles. The van der Waals surface area contributed by atoms with Crippen LogP contribution in [0.1, 0.15) is 35.3 Å². The molecule has 94 valence electrons. The second kappa shape index (κ2) is 6.05. The van der Waals surface area contributed by atoms with Crippen molar-refractivity contribution in [3.63, 3.8) is 0 Å². The Morgan fingerprint density at radius 3 is 2.53 bits per heavy atom. The third-order valence-electron chi connectivity index (χ3n) is 3.12. The molecular formula is C14H12N4S. The van der Waals surface area contributed by atoms with Crippen LogP contribution in [0.25, 0.3) is 0 Å². The van der Waals surface area contributed by atoms with Crippen LogP contribution in [-0.2, 0) is 12.8 Å². The number of hydrogen-bond acceptors (Lipinski definition) is 5. The van der Waals surface area contributed by atoms with Gasteiger partial charge in [-0.2, -0.15) is 15.8 Å². The van der Waals surface area contributed by atoms with E-state index in [2.05, 4.69) is 11.4 Å². The third kappa shape index (κ3) is 2.76. The predicted octanol–water partition coefficient (Wildman–Crippen LogP) is 3.23. The molecule has 5 heteroatoms. The lowest BCUT2D eigenvalue weighted by Crippen LogP contribution is -1.92. The molecule has 0 amide bonds. The summed E-state index contributed by atoms with van der Waals surface area (Å²) in [6.07, 6.45) is 6.82. The minimum atomic E-state index is 0.00693. The van der Waals surface area contributed by atoms with Crippen molar-refractivity contribution < 1.29 is 0 Å². The van der Waals surface area contributed by atoms with Gasteiger partial charge in [-0.1, -0.05) is 6.42 Å². The standard InChI is InChI=1S/C14H12N4S/c15-6-10(7-16)9-18-14-12(8-17)11-4-2-1-3-5-13(11)19-14/h9,18H,1-5H2. The van der Waals surface area contributed by atoms with E-state index in [1.807, 2.05) is 0 Å². The van der Waals surface area contributed by atoms with Crippen LogP contribution >= 0.6 is 11.3 Å². The van der Waals surface area contributed by atoms with E-state index in [1.54, 1.807) is 23.5 Å². The van der Waals surface area contributed by atoms with Gasteiger partial charge in [-0.15, -0.1) is 11.3 Å². The molecule has 1 aliphatic carbocycles. The van der Waals surface area contributed by atoms with Gasteiger partial charge in [0.15, 0.2) is 0 Å². The van der Waals surface area contributed by atoms with Crippen molar-refractivity contribution in [1.29, 1.82) is 15.8 Å². The van der Waals surface area contributed by atoms with Crippen LogP contribution in [0, 0.1) is 34.0 Å². The topological polar surface area (TPSA) is 83.4 Å². The molecular weight excluding hydrogens is 256 g/mol. The normalized spacial score (nSPS) is 13.1. The fourth-order valence-corrected chi connectivity index (χ4v) is 3.40. The summed E-state index contributed by atoms with van der Waals surface area (Å²) in [5.74, 6) is 0. The number of thiophene rings is 1. The van der Waals surface area contributed by atoms with Crippen molar-refractivity contribution in [1.82, 2.24) is 0 Å². The molecule has 1 aromatic rings. The number of anilines is 1. The van der Waals surface area contributed by atoms with Crippen LogP contribution in [0.2, 0.25) is 0 Å². The number of aryl methyl sites for hydroxylation is 1. The maximum absolute atomic E-state index is 9.30. The van der Waals surface area contributed by atoms with Crippen molar-refractivity contribution in [3.05, 3.63) is 27.8 Å². The van der Waals surface area contributed by atoms with E-state index in [9.17, 15) is 5.26 Å². The third-order valence-corrected chi connectivity index (χ3v) is 4.34. The van der Waals surface area contributed by atoms with E-state index < -0.39 is 0 Å². The van der Waals surface area contributed by atoms with Crippen LogP contribution in [-0.4, -0.2) is 0 Å². The summed E-state index contributed by atoms with van der Waals surface area (Å²) in [6.45, 7) is 0. The van der Waals surface area contributed by atoms with Gasteiger partial charge in [-0.05, 0) is 31.2 Å². The number of hydrogen-bond donors (Lipinski definition) is 1. The second-order valence-electron chi connectivity index (χ2n) is 4.31. The van der Waals surface area contributed by atoms with Gasteiger partial charge in [0.25, 0.3) is 0 Å². The minimum absolute atomic E-state index is 0.00693. The van der Waals surface area contributed by atoms with E-state index in [0.29, 0.717) is 5.56 Å². The van der Waals surface area contributed by atoms with Gasteiger partial charge in [0, 0.05) is 11.1 Å². The quantitative estimate of drug-likeness (QED) is 0.659. The number of allylic oxidation sites excluding steroid dienone is 1. The Balaban J connectivity index is 2.33. The van der Waals surface area contributed by atoms with Gasteiger partial charge in [-0.25, -0.2) is 0 Å². The zero-order valence-electron chi connectivity index (χ0n) is 10.4. The maximum Gasteiger partial charge on any atom is 0.145 e. The highest BCUT2D eigenvalue weighted by Crippen LogP contribution is 2.36. The average Bonchev–Trinajstić information content (AvgIpc) is 2.60. The van der Waals surface area contributed by atoms with Crippen molar-refractivity contribution >= 4 is 16.3 Å². The molecule has 0 radical (unpaired) electrons. The largest absolute Gasteiger partial charge is 0.350 e. The fraction of sp³-hybridized carbons (Fsp3) is 0.357. The molecule has 2 rings (SSSR count). The van der Waals surface area contributed by atoms with Crippen LogP contribution in [0.4, 0.5) is 5.00 Å². The fourth-order valence-electron chi connectivity index (χ4n) is 2.19. The first-order chi connectivity index (χ1) is 9.30. The van der Waals surface area contributed by atoms with E-state index in [0.717, 1.165) is 36.2 Å². The molecule has 0 aromatic carbocycles. The molecule has 1 N–H and O–H groups in total. The lowest BCUT2D eigenvalue weighted by Gasteiger charge is -1.99. The number of fused-ring (bicyclic) bond motifs is 1. The van der Waals surface area contributed by atoms with Crippen LogP contribution in [0.5, 0.6) is 0 Å². The van der Waals surface area contributed by atoms with Gasteiger partial charge >= 0.3 is 0 Å². The Kier molecular flexibility index (Phi) is 4.18.